The Labute approximate surface area is 87.7 Å². The summed E-state index contributed by atoms with van der Waals surface area (Å²) in [7, 11) is 2.05. The number of aryl methyl sites for hydroxylation is 1. The number of aromatic nitrogens is 2. The van der Waals surface area contributed by atoms with Crippen LogP contribution in [0, 0.1) is 6.92 Å². The number of nitrogens with zero attached hydrogens (tertiary/aromatic N) is 2. The maximum absolute atomic E-state index is 6.07. The molecule has 3 rings (SSSR count). The summed E-state index contributed by atoms with van der Waals surface area (Å²) in [5, 5.41) is 1.14. The second kappa shape index (κ2) is 2.57. The number of rotatable bonds is 0. The second-order valence-electron chi connectivity index (χ2n) is 3.94. The summed E-state index contributed by atoms with van der Waals surface area (Å²) in [6.45, 7) is 2.05. The van der Waals surface area contributed by atoms with Crippen molar-refractivity contribution in [2.45, 2.75) is 6.92 Å². The monoisotopic (exact) mass is 199 g/mol. The summed E-state index contributed by atoms with van der Waals surface area (Å²) in [5.41, 5.74) is 10.4. The standard InChI is InChI=1S/C12H13N3/c1-8-11(13)10-7-9-5-3-4-6-15(9)12(10)14(8)2/h3-7H,13H2,1-2H3. The van der Waals surface area contributed by atoms with Gasteiger partial charge in [0.15, 0.2) is 0 Å². The second-order valence-corrected chi connectivity index (χ2v) is 3.94. The maximum Gasteiger partial charge on any atom is 0.126 e. The van der Waals surface area contributed by atoms with Crippen molar-refractivity contribution in [3.05, 3.63) is 36.2 Å². The molecule has 0 saturated heterocycles. The van der Waals surface area contributed by atoms with E-state index in [9.17, 15) is 0 Å². The van der Waals surface area contributed by atoms with Crippen molar-refractivity contribution in [3.63, 3.8) is 0 Å². The summed E-state index contributed by atoms with van der Waals surface area (Å²) in [6, 6.07) is 8.30. The van der Waals surface area contributed by atoms with E-state index in [1.807, 2.05) is 26.1 Å². The molecule has 2 N–H and O–H groups in total. The van der Waals surface area contributed by atoms with Crippen LogP contribution >= 0.6 is 0 Å². The van der Waals surface area contributed by atoms with Gasteiger partial charge in [-0.05, 0) is 25.1 Å². The van der Waals surface area contributed by atoms with Gasteiger partial charge in [-0.15, -0.1) is 0 Å². The predicted octanol–water partition coefficient (Wildman–Crippen LogP) is 2.32. The van der Waals surface area contributed by atoms with Crippen LogP contribution in [0.5, 0.6) is 0 Å². The fourth-order valence-corrected chi connectivity index (χ4v) is 2.18. The molecule has 0 aliphatic rings. The molecule has 0 radical (unpaired) electrons. The van der Waals surface area contributed by atoms with Gasteiger partial charge < -0.3 is 14.7 Å². The van der Waals surface area contributed by atoms with Crippen molar-refractivity contribution >= 4 is 22.2 Å². The average Bonchev–Trinajstić information content (AvgIpc) is 2.72. The van der Waals surface area contributed by atoms with E-state index in [0.29, 0.717) is 0 Å². The highest BCUT2D eigenvalue weighted by Crippen LogP contribution is 2.29. The molecule has 0 aromatic carbocycles. The van der Waals surface area contributed by atoms with Crippen LogP contribution in [0.4, 0.5) is 5.69 Å². The number of hydrogen-bond acceptors (Lipinski definition) is 1. The Kier molecular flexibility index (Phi) is 1.44. The minimum Gasteiger partial charge on any atom is -0.397 e. The molecule has 0 atom stereocenters. The van der Waals surface area contributed by atoms with Gasteiger partial charge in [-0.25, -0.2) is 0 Å². The van der Waals surface area contributed by atoms with Crippen LogP contribution in [-0.4, -0.2) is 8.97 Å². The molecule has 0 unspecified atom stereocenters. The molecule has 0 saturated carbocycles. The van der Waals surface area contributed by atoms with E-state index in [1.165, 1.54) is 11.2 Å². The van der Waals surface area contributed by atoms with Gasteiger partial charge in [-0.3, -0.25) is 0 Å². The molecule has 3 heteroatoms. The summed E-state index contributed by atoms with van der Waals surface area (Å²) in [6.07, 6.45) is 2.07. The Morgan fingerprint density at radius 1 is 1.27 bits per heavy atom. The predicted molar refractivity (Wildman–Crippen MR) is 63.0 cm³/mol. The minimum atomic E-state index is 0.885. The van der Waals surface area contributed by atoms with Crippen LogP contribution < -0.4 is 5.73 Å². The minimum absolute atomic E-state index is 0.885. The van der Waals surface area contributed by atoms with E-state index in [-0.39, 0.29) is 0 Å². The van der Waals surface area contributed by atoms with Gasteiger partial charge in [-0.2, -0.15) is 0 Å². The molecule has 0 amide bonds. The van der Waals surface area contributed by atoms with Gasteiger partial charge in [0.25, 0.3) is 0 Å². The topological polar surface area (TPSA) is 35.4 Å². The highest BCUT2D eigenvalue weighted by Gasteiger charge is 2.12. The first-order chi connectivity index (χ1) is 7.20. The molecule has 0 aliphatic heterocycles. The number of pyridine rings is 1. The van der Waals surface area contributed by atoms with Crippen LogP contribution in [0.15, 0.2) is 30.5 Å². The van der Waals surface area contributed by atoms with Crippen molar-refractivity contribution in [1.29, 1.82) is 0 Å². The zero-order valence-electron chi connectivity index (χ0n) is 8.86. The molecule has 76 valence electrons. The highest BCUT2D eigenvalue weighted by molar-refractivity contribution is 5.96. The molecule has 15 heavy (non-hydrogen) atoms. The Balaban J connectivity index is 2.65. The zero-order valence-corrected chi connectivity index (χ0v) is 8.86. The molecule has 3 aromatic rings. The van der Waals surface area contributed by atoms with Crippen LogP contribution in [0.25, 0.3) is 16.6 Å². The first-order valence-electron chi connectivity index (χ1n) is 5.00. The third-order valence-corrected chi connectivity index (χ3v) is 3.15. The van der Waals surface area contributed by atoms with Gasteiger partial charge >= 0.3 is 0 Å². The lowest BCUT2D eigenvalue weighted by atomic mass is 10.3. The largest absolute Gasteiger partial charge is 0.397 e. The van der Waals surface area contributed by atoms with Gasteiger partial charge in [0, 0.05) is 29.8 Å². The number of anilines is 1. The first-order valence-corrected chi connectivity index (χ1v) is 5.00. The van der Waals surface area contributed by atoms with Crippen LogP contribution in [0.2, 0.25) is 0 Å². The van der Waals surface area contributed by atoms with Gasteiger partial charge in [-0.1, -0.05) is 6.07 Å². The van der Waals surface area contributed by atoms with Crippen molar-refractivity contribution in [1.82, 2.24) is 8.97 Å². The van der Waals surface area contributed by atoms with Gasteiger partial charge in [0.1, 0.15) is 5.65 Å². The van der Waals surface area contributed by atoms with Crippen molar-refractivity contribution in [2.24, 2.45) is 7.05 Å². The third-order valence-electron chi connectivity index (χ3n) is 3.15. The number of nitrogen functional groups attached to an aromatic ring is 1. The molecule has 0 bridgehead atoms. The molecule has 3 nitrogen and oxygen atoms in total. The lowest BCUT2D eigenvalue weighted by Crippen LogP contribution is -1.95. The van der Waals surface area contributed by atoms with E-state index < -0.39 is 0 Å². The lowest BCUT2D eigenvalue weighted by Gasteiger charge is -2.01. The Bertz CT molecular complexity index is 658. The molecular formula is C12H13N3. The molecular weight excluding hydrogens is 186 g/mol. The van der Waals surface area contributed by atoms with Crippen LogP contribution in [0.3, 0.4) is 0 Å². The quantitative estimate of drug-likeness (QED) is 0.592. The summed E-state index contributed by atoms with van der Waals surface area (Å²) in [5.74, 6) is 0. The van der Waals surface area contributed by atoms with Gasteiger partial charge in [0.2, 0.25) is 0 Å². The van der Waals surface area contributed by atoms with E-state index in [2.05, 4.69) is 27.3 Å². The summed E-state index contributed by atoms with van der Waals surface area (Å²) < 4.78 is 4.30. The first kappa shape index (κ1) is 8.41. The molecule has 0 fully saturated rings. The van der Waals surface area contributed by atoms with Crippen molar-refractivity contribution in [2.75, 3.05) is 5.73 Å². The van der Waals surface area contributed by atoms with Crippen molar-refractivity contribution < 1.29 is 0 Å². The van der Waals surface area contributed by atoms with E-state index in [1.54, 1.807) is 0 Å². The van der Waals surface area contributed by atoms with Crippen LogP contribution in [-0.2, 0) is 7.05 Å². The molecule has 0 spiro atoms. The lowest BCUT2D eigenvalue weighted by molar-refractivity contribution is 0.894. The smallest absolute Gasteiger partial charge is 0.126 e. The number of hydrogen-bond donors (Lipinski definition) is 1. The SMILES string of the molecule is Cc1c(N)c2cc3ccccn3c2n1C. The molecule has 3 aromatic heterocycles. The number of nitrogens with two attached hydrogens (primary N) is 1. The fraction of sp³-hybridized carbons (Fsp3) is 0.167. The fourth-order valence-electron chi connectivity index (χ4n) is 2.18. The maximum atomic E-state index is 6.07. The van der Waals surface area contributed by atoms with Gasteiger partial charge in [0.05, 0.1) is 5.69 Å². The summed E-state index contributed by atoms with van der Waals surface area (Å²) >= 11 is 0. The average molecular weight is 199 g/mol. The summed E-state index contributed by atoms with van der Waals surface area (Å²) in [4.78, 5) is 0. The highest BCUT2D eigenvalue weighted by atomic mass is 15.1. The third kappa shape index (κ3) is 0.897. The van der Waals surface area contributed by atoms with E-state index >= 15 is 0 Å². The van der Waals surface area contributed by atoms with Crippen LogP contribution in [0.1, 0.15) is 5.69 Å². The zero-order chi connectivity index (χ0) is 10.6. The number of fused-ring (bicyclic) bond motifs is 3. The normalized spacial score (nSPS) is 11.6. The Hall–Kier alpha value is -1.90. The van der Waals surface area contributed by atoms with E-state index in [4.69, 9.17) is 5.73 Å². The van der Waals surface area contributed by atoms with Crippen molar-refractivity contribution in [3.8, 4) is 0 Å². The molecule has 3 heterocycles. The molecule has 0 aliphatic carbocycles. The Morgan fingerprint density at radius 3 is 2.87 bits per heavy atom. The van der Waals surface area contributed by atoms with E-state index in [0.717, 1.165) is 16.8 Å². The Morgan fingerprint density at radius 2 is 2.07 bits per heavy atom.